The van der Waals surface area contributed by atoms with Crippen LogP contribution in [0.3, 0.4) is 0 Å². The molecule has 1 heterocycles. The van der Waals surface area contributed by atoms with Gasteiger partial charge < -0.3 is 14.8 Å². The number of nitrogens with zero attached hydrogens (tertiary/aromatic N) is 1. The summed E-state index contributed by atoms with van der Waals surface area (Å²) in [6.07, 6.45) is 4.54. The van der Waals surface area contributed by atoms with Gasteiger partial charge in [0.1, 0.15) is 0 Å². The molecule has 0 aromatic carbocycles. The second-order valence-electron chi connectivity index (χ2n) is 5.04. The van der Waals surface area contributed by atoms with Crippen molar-refractivity contribution < 1.29 is 9.47 Å². The molecule has 0 unspecified atom stereocenters. The normalized spacial score (nSPS) is 22.9. The van der Waals surface area contributed by atoms with Gasteiger partial charge in [-0.3, -0.25) is 0 Å². The average molecular weight is 250 g/mol. The van der Waals surface area contributed by atoms with Gasteiger partial charge in [0.15, 0.2) is 0 Å². The van der Waals surface area contributed by atoms with Crippen molar-refractivity contribution in [3.05, 3.63) is 23.9 Å². The number of nitrogens with one attached hydrogen (secondary N) is 1. The zero-order valence-corrected chi connectivity index (χ0v) is 11.3. The largest absolute Gasteiger partial charge is 0.475 e. The van der Waals surface area contributed by atoms with E-state index >= 15 is 0 Å². The number of aromatic nitrogens is 1. The minimum absolute atomic E-state index is 0.153. The summed E-state index contributed by atoms with van der Waals surface area (Å²) in [6.45, 7) is 4.83. The van der Waals surface area contributed by atoms with E-state index in [1.165, 1.54) is 0 Å². The van der Waals surface area contributed by atoms with Gasteiger partial charge in [-0.1, -0.05) is 6.07 Å². The number of hydrogen-bond acceptors (Lipinski definition) is 4. The Labute approximate surface area is 109 Å². The predicted molar refractivity (Wildman–Crippen MR) is 70.7 cm³/mol. The van der Waals surface area contributed by atoms with E-state index < -0.39 is 0 Å². The van der Waals surface area contributed by atoms with Crippen LogP contribution in [0.5, 0.6) is 5.88 Å². The Bertz CT molecular complexity index is 376. The summed E-state index contributed by atoms with van der Waals surface area (Å²) in [5, 5.41) is 3.51. The molecular formula is C14H22N2O2. The number of rotatable bonds is 6. The second kappa shape index (κ2) is 6.16. The van der Waals surface area contributed by atoms with Crippen LogP contribution in [0.2, 0.25) is 0 Å². The molecule has 1 aliphatic rings. The number of ether oxygens (including phenoxy) is 2. The molecule has 1 fully saturated rings. The molecule has 1 N–H and O–H groups in total. The lowest BCUT2D eigenvalue weighted by Gasteiger charge is -2.34. The maximum absolute atomic E-state index is 5.70. The van der Waals surface area contributed by atoms with E-state index in [-0.39, 0.29) is 6.10 Å². The lowest BCUT2D eigenvalue weighted by Crippen LogP contribution is -2.44. The van der Waals surface area contributed by atoms with Crippen LogP contribution in [0.25, 0.3) is 0 Å². The predicted octanol–water partition coefficient (Wildman–Crippen LogP) is 2.14. The van der Waals surface area contributed by atoms with Gasteiger partial charge in [-0.25, -0.2) is 4.98 Å². The molecule has 1 aromatic rings. The minimum atomic E-state index is 0.153. The highest BCUT2D eigenvalue weighted by Gasteiger charge is 2.28. The molecule has 4 nitrogen and oxygen atoms in total. The Kier molecular flexibility index (Phi) is 4.55. The zero-order valence-electron chi connectivity index (χ0n) is 11.3. The zero-order chi connectivity index (χ0) is 13.0. The first-order valence-corrected chi connectivity index (χ1v) is 6.55. The van der Waals surface area contributed by atoms with E-state index in [1.807, 2.05) is 19.9 Å². The van der Waals surface area contributed by atoms with Crippen LogP contribution in [0.4, 0.5) is 0 Å². The van der Waals surface area contributed by atoms with Crippen molar-refractivity contribution in [1.29, 1.82) is 0 Å². The highest BCUT2D eigenvalue weighted by molar-refractivity contribution is 5.25. The molecule has 1 aliphatic carbocycles. The smallest absolute Gasteiger partial charge is 0.218 e. The molecule has 0 spiro atoms. The molecule has 0 atom stereocenters. The molecule has 2 rings (SSSR count). The third-order valence-electron chi connectivity index (χ3n) is 3.21. The van der Waals surface area contributed by atoms with Crippen LogP contribution in [0, 0.1) is 0 Å². The first-order valence-electron chi connectivity index (χ1n) is 6.55. The van der Waals surface area contributed by atoms with Gasteiger partial charge in [-0.2, -0.15) is 0 Å². The summed E-state index contributed by atoms with van der Waals surface area (Å²) in [5.41, 5.74) is 1.12. The molecule has 1 aromatic heterocycles. The Morgan fingerprint density at radius 3 is 2.89 bits per heavy atom. The van der Waals surface area contributed by atoms with E-state index in [2.05, 4.69) is 16.4 Å². The molecule has 18 heavy (non-hydrogen) atoms. The van der Waals surface area contributed by atoms with Crippen molar-refractivity contribution in [2.75, 3.05) is 7.11 Å². The van der Waals surface area contributed by atoms with Gasteiger partial charge >= 0.3 is 0 Å². The Balaban J connectivity index is 1.85. The van der Waals surface area contributed by atoms with E-state index in [0.717, 1.165) is 30.8 Å². The van der Waals surface area contributed by atoms with Crippen molar-refractivity contribution in [2.45, 2.75) is 51.5 Å². The average Bonchev–Trinajstić information content (AvgIpc) is 2.28. The minimum Gasteiger partial charge on any atom is -0.475 e. The molecule has 0 radical (unpaired) electrons. The van der Waals surface area contributed by atoms with E-state index in [4.69, 9.17) is 9.47 Å². The van der Waals surface area contributed by atoms with Gasteiger partial charge in [-0.15, -0.1) is 0 Å². The van der Waals surface area contributed by atoms with Crippen LogP contribution >= 0.6 is 0 Å². The fourth-order valence-electron chi connectivity index (χ4n) is 2.07. The summed E-state index contributed by atoms with van der Waals surface area (Å²) < 4.78 is 11.0. The van der Waals surface area contributed by atoms with Gasteiger partial charge in [0, 0.05) is 31.5 Å². The van der Waals surface area contributed by atoms with Crippen LogP contribution in [-0.2, 0) is 11.3 Å². The second-order valence-corrected chi connectivity index (χ2v) is 5.04. The fraction of sp³-hybridized carbons (Fsp3) is 0.643. The van der Waals surface area contributed by atoms with Gasteiger partial charge in [0.2, 0.25) is 5.88 Å². The standard InChI is InChI=1S/C14H22N2O2/c1-10(2)18-14-11(5-4-6-15-14)9-16-12-7-13(8-12)17-3/h4-6,10,12-13,16H,7-9H2,1-3H3. The van der Waals surface area contributed by atoms with Gasteiger partial charge in [0.25, 0.3) is 0 Å². The lowest BCUT2D eigenvalue weighted by molar-refractivity contribution is 0.0169. The van der Waals surface area contributed by atoms with E-state index in [1.54, 1.807) is 13.3 Å². The molecule has 0 saturated heterocycles. The van der Waals surface area contributed by atoms with Crippen LogP contribution < -0.4 is 10.1 Å². The van der Waals surface area contributed by atoms with Crippen molar-refractivity contribution >= 4 is 0 Å². The van der Waals surface area contributed by atoms with Crippen molar-refractivity contribution in [2.24, 2.45) is 0 Å². The quantitative estimate of drug-likeness (QED) is 0.840. The molecular weight excluding hydrogens is 228 g/mol. The third-order valence-corrected chi connectivity index (χ3v) is 3.21. The first-order chi connectivity index (χ1) is 8.69. The summed E-state index contributed by atoms with van der Waals surface area (Å²) in [6, 6.07) is 4.56. The number of pyridine rings is 1. The highest BCUT2D eigenvalue weighted by atomic mass is 16.5. The van der Waals surface area contributed by atoms with Crippen LogP contribution in [0.15, 0.2) is 18.3 Å². The summed E-state index contributed by atoms with van der Waals surface area (Å²) in [7, 11) is 1.77. The Morgan fingerprint density at radius 2 is 2.22 bits per heavy atom. The Hall–Kier alpha value is -1.13. The van der Waals surface area contributed by atoms with E-state index in [9.17, 15) is 0 Å². The summed E-state index contributed by atoms with van der Waals surface area (Å²) in [5.74, 6) is 0.739. The summed E-state index contributed by atoms with van der Waals surface area (Å²) in [4.78, 5) is 4.28. The number of methoxy groups -OCH3 is 1. The van der Waals surface area contributed by atoms with Crippen molar-refractivity contribution in [3.8, 4) is 5.88 Å². The first kappa shape index (κ1) is 13.3. The SMILES string of the molecule is COC1CC(NCc2cccnc2OC(C)C)C1. The van der Waals surface area contributed by atoms with Gasteiger partial charge in [0.05, 0.1) is 12.2 Å². The van der Waals surface area contributed by atoms with Crippen molar-refractivity contribution in [3.63, 3.8) is 0 Å². The lowest BCUT2D eigenvalue weighted by atomic mass is 9.89. The third kappa shape index (κ3) is 3.43. The topological polar surface area (TPSA) is 43.4 Å². The molecule has 100 valence electrons. The maximum atomic E-state index is 5.70. The van der Waals surface area contributed by atoms with Crippen LogP contribution in [-0.4, -0.2) is 30.3 Å². The molecule has 4 heteroatoms. The monoisotopic (exact) mass is 250 g/mol. The molecule has 0 bridgehead atoms. The van der Waals surface area contributed by atoms with Gasteiger partial charge in [-0.05, 0) is 32.8 Å². The molecule has 1 saturated carbocycles. The molecule has 0 amide bonds. The van der Waals surface area contributed by atoms with E-state index in [0.29, 0.717) is 12.1 Å². The van der Waals surface area contributed by atoms with Crippen molar-refractivity contribution in [1.82, 2.24) is 10.3 Å². The number of hydrogen-bond donors (Lipinski definition) is 1. The summed E-state index contributed by atoms with van der Waals surface area (Å²) >= 11 is 0. The molecule has 0 aliphatic heterocycles. The Morgan fingerprint density at radius 1 is 1.44 bits per heavy atom. The van der Waals surface area contributed by atoms with Crippen LogP contribution in [0.1, 0.15) is 32.3 Å². The fourth-order valence-corrected chi connectivity index (χ4v) is 2.07. The maximum Gasteiger partial charge on any atom is 0.218 e. The highest BCUT2D eigenvalue weighted by Crippen LogP contribution is 2.23.